The maximum atomic E-state index is 11.2. The molecule has 0 aliphatic rings. The number of nitrogens with one attached hydrogen (secondary N) is 1. The van der Waals surface area contributed by atoms with E-state index >= 15 is 0 Å². The maximum Gasteiger partial charge on any atom is 0.244 e. The third kappa shape index (κ3) is 3.57. The second kappa shape index (κ2) is 4.98. The highest BCUT2D eigenvalue weighted by molar-refractivity contribution is 6.27. The van der Waals surface area contributed by atoms with Crippen molar-refractivity contribution < 1.29 is 9.59 Å². The molecule has 4 nitrogen and oxygen atoms in total. The number of hydrogen-bond acceptors (Lipinski definition) is 2. The Bertz CT molecular complexity index is 182. The summed E-state index contributed by atoms with van der Waals surface area (Å²) in [6.45, 7) is 1.62. The van der Waals surface area contributed by atoms with Gasteiger partial charge in [0.15, 0.2) is 0 Å². The lowest BCUT2D eigenvalue weighted by molar-refractivity contribution is -0.133. The van der Waals surface area contributed by atoms with Crippen molar-refractivity contribution in [2.75, 3.05) is 20.0 Å². The van der Waals surface area contributed by atoms with Crippen LogP contribution in [0.3, 0.4) is 0 Å². The number of halogens is 1. The molecule has 0 aliphatic heterocycles. The van der Waals surface area contributed by atoms with Crippen molar-refractivity contribution in [3.63, 3.8) is 0 Å². The number of carbonyl (C=O) groups is 2. The second-order valence-electron chi connectivity index (χ2n) is 2.66. The summed E-state index contributed by atoms with van der Waals surface area (Å²) in [5.41, 5.74) is 0. The van der Waals surface area contributed by atoms with E-state index in [1.54, 1.807) is 21.0 Å². The topological polar surface area (TPSA) is 49.4 Å². The molecule has 0 rings (SSSR count). The summed E-state index contributed by atoms with van der Waals surface area (Å²) < 4.78 is 0. The van der Waals surface area contributed by atoms with Crippen molar-refractivity contribution in [1.82, 2.24) is 10.2 Å². The summed E-state index contributed by atoms with van der Waals surface area (Å²) in [5, 5.41) is 2.45. The highest BCUT2D eigenvalue weighted by atomic mass is 35.5. The standard InChI is InChI=1S/C7H13ClN2O2/c1-5(7(12)10(2)3)9-6(11)4-8/h5H,4H2,1-3H3,(H,9,11)/t5-/m0/s1. The Morgan fingerprint density at radius 2 is 2.00 bits per heavy atom. The Kier molecular flexibility index (Phi) is 4.66. The van der Waals surface area contributed by atoms with Crippen LogP contribution in [0.2, 0.25) is 0 Å². The average molecular weight is 193 g/mol. The van der Waals surface area contributed by atoms with Crippen molar-refractivity contribution in [1.29, 1.82) is 0 Å². The van der Waals surface area contributed by atoms with Crippen LogP contribution < -0.4 is 5.32 Å². The van der Waals surface area contributed by atoms with Crippen molar-refractivity contribution >= 4 is 23.4 Å². The molecule has 0 unspecified atom stereocenters. The van der Waals surface area contributed by atoms with Gasteiger partial charge in [-0.25, -0.2) is 0 Å². The molecule has 0 aromatic heterocycles. The third-order valence-electron chi connectivity index (χ3n) is 1.31. The van der Waals surface area contributed by atoms with E-state index in [1.165, 1.54) is 4.90 Å². The van der Waals surface area contributed by atoms with Gasteiger partial charge in [-0.05, 0) is 6.92 Å². The van der Waals surface area contributed by atoms with Crippen LogP contribution in [0, 0.1) is 0 Å². The zero-order valence-electron chi connectivity index (χ0n) is 7.43. The molecule has 0 radical (unpaired) electrons. The fourth-order valence-electron chi connectivity index (χ4n) is 0.729. The van der Waals surface area contributed by atoms with Gasteiger partial charge in [0, 0.05) is 14.1 Å². The van der Waals surface area contributed by atoms with E-state index in [4.69, 9.17) is 11.6 Å². The van der Waals surface area contributed by atoms with Crippen LogP contribution in [-0.4, -0.2) is 42.7 Å². The first kappa shape index (κ1) is 11.2. The minimum atomic E-state index is -0.508. The fourth-order valence-corrected chi connectivity index (χ4v) is 0.806. The minimum Gasteiger partial charge on any atom is -0.347 e. The predicted molar refractivity (Wildman–Crippen MR) is 47.0 cm³/mol. The van der Waals surface area contributed by atoms with Gasteiger partial charge >= 0.3 is 0 Å². The molecule has 70 valence electrons. The molecule has 12 heavy (non-hydrogen) atoms. The van der Waals surface area contributed by atoms with E-state index in [2.05, 4.69) is 5.32 Å². The monoisotopic (exact) mass is 192 g/mol. The number of amides is 2. The smallest absolute Gasteiger partial charge is 0.244 e. The molecule has 5 heteroatoms. The van der Waals surface area contributed by atoms with Crippen LogP contribution in [0.1, 0.15) is 6.92 Å². The van der Waals surface area contributed by atoms with Gasteiger partial charge in [-0.2, -0.15) is 0 Å². The van der Waals surface area contributed by atoms with Gasteiger partial charge < -0.3 is 10.2 Å². The molecular formula is C7H13ClN2O2. The molecule has 0 fully saturated rings. The van der Waals surface area contributed by atoms with Crippen molar-refractivity contribution in [3.8, 4) is 0 Å². The quantitative estimate of drug-likeness (QED) is 0.631. The Labute approximate surface area is 76.9 Å². The van der Waals surface area contributed by atoms with Crippen LogP contribution in [0.5, 0.6) is 0 Å². The van der Waals surface area contributed by atoms with Gasteiger partial charge in [0.2, 0.25) is 11.8 Å². The molecule has 0 saturated carbocycles. The molecule has 0 aromatic carbocycles. The molecule has 0 aromatic rings. The largest absolute Gasteiger partial charge is 0.347 e. The molecule has 0 bridgehead atoms. The van der Waals surface area contributed by atoms with E-state index in [9.17, 15) is 9.59 Å². The predicted octanol–water partition coefficient (Wildman–Crippen LogP) is -0.182. The third-order valence-corrected chi connectivity index (χ3v) is 1.55. The molecule has 1 N–H and O–H groups in total. The average Bonchev–Trinajstić information content (AvgIpc) is 2.02. The summed E-state index contributed by atoms with van der Waals surface area (Å²) in [5.74, 6) is -0.599. The lowest BCUT2D eigenvalue weighted by atomic mass is 10.3. The molecule has 0 aliphatic carbocycles. The van der Waals surface area contributed by atoms with Crippen LogP contribution in [-0.2, 0) is 9.59 Å². The summed E-state index contributed by atoms with van der Waals surface area (Å²) in [7, 11) is 3.26. The van der Waals surface area contributed by atoms with Gasteiger partial charge in [-0.1, -0.05) is 0 Å². The van der Waals surface area contributed by atoms with Crippen LogP contribution in [0.15, 0.2) is 0 Å². The Morgan fingerprint density at radius 3 is 2.33 bits per heavy atom. The van der Waals surface area contributed by atoms with E-state index in [1.807, 2.05) is 0 Å². The number of hydrogen-bond donors (Lipinski definition) is 1. The van der Waals surface area contributed by atoms with Crippen LogP contribution in [0.25, 0.3) is 0 Å². The molecule has 0 heterocycles. The van der Waals surface area contributed by atoms with Gasteiger partial charge in [0.25, 0.3) is 0 Å². The summed E-state index contributed by atoms with van der Waals surface area (Å²) in [6, 6.07) is -0.508. The molecular weight excluding hydrogens is 180 g/mol. The molecule has 0 saturated heterocycles. The van der Waals surface area contributed by atoms with Gasteiger partial charge in [-0.15, -0.1) is 11.6 Å². The fraction of sp³-hybridized carbons (Fsp3) is 0.714. The van der Waals surface area contributed by atoms with E-state index in [-0.39, 0.29) is 17.7 Å². The summed E-state index contributed by atoms with van der Waals surface area (Å²) in [6.07, 6.45) is 0. The van der Waals surface area contributed by atoms with E-state index in [0.29, 0.717) is 0 Å². The first-order valence-corrected chi connectivity index (χ1v) is 4.09. The van der Waals surface area contributed by atoms with Crippen molar-refractivity contribution in [2.45, 2.75) is 13.0 Å². The lowest BCUT2D eigenvalue weighted by Gasteiger charge is -2.17. The normalized spacial score (nSPS) is 12.0. The van der Waals surface area contributed by atoms with Gasteiger partial charge in [0.05, 0.1) is 0 Å². The first-order chi connectivity index (χ1) is 5.49. The summed E-state index contributed by atoms with van der Waals surface area (Å²) in [4.78, 5) is 23.3. The second-order valence-corrected chi connectivity index (χ2v) is 2.92. The molecule has 0 spiro atoms. The summed E-state index contributed by atoms with van der Waals surface area (Å²) >= 11 is 5.24. The lowest BCUT2D eigenvalue weighted by Crippen LogP contribution is -2.44. The van der Waals surface area contributed by atoms with Crippen molar-refractivity contribution in [2.24, 2.45) is 0 Å². The van der Waals surface area contributed by atoms with Gasteiger partial charge in [0.1, 0.15) is 11.9 Å². The molecule has 1 atom stereocenters. The Morgan fingerprint density at radius 1 is 1.50 bits per heavy atom. The number of rotatable bonds is 3. The van der Waals surface area contributed by atoms with Crippen molar-refractivity contribution in [3.05, 3.63) is 0 Å². The number of nitrogens with zero attached hydrogens (tertiary/aromatic N) is 1. The number of alkyl halides is 1. The van der Waals surface area contributed by atoms with Crippen LogP contribution in [0.4, 0.5) is 0 Å². The SMILES string of the molecule is C[C@H](NC(=O)CCl)C(=O)N(C)C. The van der Waals surface area contributed by atoms with Crippen LogP contribution >= 0.6 is 11.6 Å². The maximum absolute atomic E-state index is 11.2. The highest BCUT2D eigenvalue weighted by Gasteiger charge is 2.15. The Balaban J connectivity index is 3.95. The zero-order valence-corrected chi connectivity index (χ0v) is 8.18. The number of carbonyl (C=O) groups excluding carboxylic acids is 2. The van der Waals surface area contributed by atoms with E-state index < -0.39 is 6.04 Å². The number of likely N-dealkylation sites (N-methyl/N-ethyl adjacent to an activating group) is 1. The molecule has 2 amide bonds. The van der Waals surface area contributed by atoms with E-state index in [0.717, 1.165) is 0 Å². The highest BCUT2D eigenvalue weighted by Crippen LogP contribution is 1.88. The van der Waals surface area contributed by atoms with Gasteiger partial charge in [-0.3, -0.25) is 9.59 Å². The minimum absolute atomic E-state index is 0.120. The Hall–Kier alpha value is -0.770. The zero-order chi connectivity index (χ0) is 9.72. The first-order valence-electron chi connectivity index (χ1n) is 3.55.